The van der Waals surface area contributed by atoms with Crippen LogP contribution in [-0.4, -0.2) is 41.9 Å². The van der Waals surface area contributed by atoms with Crippen LogP contribution in [0.1, 0.15) is 51.8 Å². The Balaban J connectivity index is 1.94. The second-order valence-corrected chi connectivity index (χ2v) is 11.3. The van der Waals surface area contributed by atoms with Gasteiger partial charge in [0.25, 0.3) is 5.56 Å². The molecule has 0 saturated carbocycles. The molecule has 0 fully saturated rings. The Hall–Kier alpha value is -3.37. The lowest BCUT2D eigenvalue weighted by molar-refractivity contribution is -0.143. The first kappa shape index (κ1) is 28.6. The molecule has 0 amide bonds. The van der Waals surface area contributed by atoms with E-state index in [1.807, 2.05) is 18.2 Å². The highest BCUT2D eigenvalue weighted by Gasteiger charge is 2.35. The number of esters is 1. The van der Waals surface area contributed by atoms with Crippen LogP contribution in [0.15, 0.2) is 61.9 Å². The lowest BCUT2D eigenvalue weighted by Gasteiger charge is -2.26. The number of halogens is 1. The number of hydrogen-bond acceptors (Lipinski definition) is 8. The monoisotopic (exact) mass is 613 g/mol. The van der Waals surface area contributed by atoms with Crippen LogP contribution >= 0.6 is 27.3 Å². The molecule has 0 unspecified atom stereocenters. The van der Waals surface area contributed by atoms with Gasteiger partial charge in [-0.1, -0.05) is 27.3 Å². The summed E-state index contributed by atoms with van der Waals surface area (Å²) in [6.07, 6.45) is 1.31. The number of hydrogen-bond donors (Lipinski definition) is 1. The van der Waals surface area contributed by atoms with Gasteiger partial charge in [-0.3, -0.25) is 9.36 Å². The molecule has 206 valence electrons. The van der Waals surface area contributed by atoms with Gasteiger partial charge in [-0.05, 0) is 71.0 Å². The third kappa shape index (κ3) is 5.67. The SMILES string of the molecule is CCN(CC)c1ccc(/C=c2\sc3n(c2=O)[C@@H](c2cc(Br)ccc2OC)C(C(=O)OC(C)C)=C(C)N=3)c(O)c1. The van der Waals surface area contributed by atoms with Gasteiger partial charge < -0.3 is 19.5 Å². The molecule has 1 atom stereocenters. The van der Waals surface area contributed by atoms with Crippen LogP contribution in [0.3, 0.4) is 0 Å². The van der Waals surface area contributed by atoms with Gasteiger partial charge in [-0.2, -0.15) is 0 Å². The van der Waals surface area contributed by atoms with Gasteiger partial charge in [0.05, 0.1) is 29.0 Å². The van der Waals surface area contributed by atoms with E-state index in [0.717, 1.165) is 23.2 Å². The quantitative estimate of drug-likeness (QED) is 0.376. The molecule has 2 aromatic carbocycles. The third-order valence-electron chi connectivity index (χ3n) is 6.50. The molecule has 0 spiro atoms. The number of aromatic nitrogens is 1. The molecule has 8 nitrogen and oxygen atoms in total. The summed E-state index contributed by atoms with van der Waals surface area (Å²) in [6.45, 7) is 11.0. The average molecular weight is 615 g/mol. The van der Waals surface area contributed by atoms with Crippen molar-refractivity contribution in [2.24, 2.45) is 4.99 Å². The Morgan fingerprint density at radius 1 is 1.23 bits per heavy atom. The minimum absolute atomic E-state index is 0.0767. The van der Waals surface area contributed by atoms with Gasteiger partial charge in [0.2, 0.25) is 0 Å². The fourth-order valence-electron chi connectivity index (χ4n) is 4.65. The van der Waals surface area contributed by atoms with Gasteiger partial charge in [0, 0.05) is 40.4 Å². The maximum Gasteiger partial charge on any atom is 0.338 e. The fraction of sp³-hybridized carbons (Fsp3) is 0.345. The molecule has 0 bridgehead atoms. The van der Waals surface area contributed by atoms with Crippen molar-refractivity contribution < 1.29 is 19.4 Å². The summed E-state index contributed by atoms with van der Waals surface area (Å²) in [5.41, 5.74) is 2.44. The van der Waals surface area contributed by atoms with Crippen LogP contribution < -0.4 is 24.5 Å². The van der Waals surface area contributed by atoms with Crippen LogP contribution in [0.25, 0.3) is 6.08 Å². The normalized spacial score (nSPS) is 15.3. The predicted octanol–water partition coefficient (Wildman–Crippen LogP) is 4.51. The van der Waals surface area contributed by atoms with Crippen molar-refractivity contribution in [3.8, 4) is 11.5 Å². The Morgan fingerprint density at radius 3 is 2.56 bits per heavy atom. The first-order valence-electron chi connectivity index (χ1n) is 12.7. The highest BCUT2D eigenvalue weighted by Crippen LogP contribution is 2.37. The van der Waals surface area contributed by atoms with Crippen molar-refractivity contribution in [2.45, 2.75) is 46.8 Å². The number of thiazole rings is 1. The molecular formula is C29H32BrN3O5S. The van der Waals surface area contributed by atoms with Crippen molar-refractivity contribution in [2.75, 3.05) is 25.1 Å². The zero-order valence-corrected chi connectivity index (χ0v) is 25.2. The molecule has 39 heavy (non-hydrogen) atoms. The zero-order chi connectivity index (χ0) is 28.4. The van der Waals surface area contributed by atoms with Gasteiger partial charge >= 0.3 is 5.97 Å². The highest BCUT2D eigenvalue weighted by atomic mass is 79.9. The van der Waals surface area contributed by atoms with E-state index in [0.29, 0.717) is 31.9 Å². The zero-order valence-electron chi connectivity index (χ0n) is 22.8. The minimum atomic E-state index is -0.819. The molecule has 10 heteroatoms. The van der Waals surface area contributed by atoms with Gasteiger partial charge in [0.1, 0.15) is 17.5 Å². The van der Waals surface area contributed by atoms with Crippen LogP contribution in [0.4, 0.5) is 5.69 Å². The summed E-state index contributed by atoms with van der Waals surface area (Å²) in [6, 6.07) is 10.1. The van der Waals surface area contributed by atoms with Crippen LogP contribution in [-0.2, 0) is 9.53 Å². The van der Waals surface area contributed by atoms with Crippen LogP contribution in [0.5, 0.6) is 11.5 Å². The molecule has 0 radical (unpaired) electrons. The molecule has 1 aromatic heterocycles. The molecule has 3 aromatic rings. The van der Waals surface area contributed by atoms with Gasteiger partial charge in [-0.25, -0.2) is 9.79 Å². The minimum Gasteiger partial charge on any atom is -0.507 e. The number of benzene rings is 2. The van der Waals surface area contributed by atoms with Crippen LogP contribution in [0.2, 0.25) is 0 Å². The average Bonchev–Trinajstić information content (AvgIpc) is 3.19. The molecule has 2 heterocycles. The molecular weight excluding hydrogens is 582 g/mol. The standard InChI is InChI=1S/C29H32BrN3O5S/c1-7-32(8-2)20-11-9-18(22(34)15-20)13-24-27(35)33-26(21-14-19(30)10-12-23(21)37-6)25(28(36)38-16(3)4)17(5)31-29(33)39-24/h9-16,26,34H,7-8H2,1-6H3/b24-13-/t26-/m0/s1. The number of methoxy groups -OCH3 is 1. The summed E-state index contributed by atoms with van der Waals surface area (Å²) in [4.78, 5) is 34.5. The number of phenols is 1. The maximum atomic E-state index is 13.9. The lowest BCUT2D eigenvalue weighted by Crippen LogP contribution is -2.40. The highest BCUT2D eigenvalue weighted by molar-refractivity contribution is 9.10. The van der Waals surface area contributed by atoms with Crippen molar-refractivity contribution in [1.82, 2.24) is 4.57 Å². The summed E-state index contributed by atoms with van der Waals surface area (Å²) >= 11 is 4.71. The summed E-state index contributed by atoms with van der Waals surface area (Å²) < 4.78 is 13.9. The summed E-state index contributed by atoms with van der Waals surface area (Å²) in [5, 5.41) is 10.8. The number of carbonyl (C=O) groups excluding carboxylic acids is 1. The van der Waals surface area contributed by atoms with E-state index in [9.17, 15) is 14.7 Å². The molecule has 0 saturated heterocycles. The number of rotatable bonds is 8. The van der Waals surface area contributed by atoms with Crippen LogP contribution in [0, 0.1) is 0 Å². The summed E-state index contributed by atoms with van der Waals surface area (Å²) in [5.74, 6) is 0.0528. The number of nitrogens with zero attached hydrogens (tertiary/aromatic N) is 3. The first-order valence-corrected chi connectivity index (χ1v) is 14.3. The predicted molar refractivity (Wildman–Crippen MR) is 157 cm³/mol. The second-order valence-electron chi connectivity index (χ2n) is 9.34. The molecule has 1 aliphatic rings. The van der Waals surface area contributed by atoms with Crippen molar-refractivity contribution in [3.63, 3.8) is 0 Å². The van der Waals surface area contributed by atoms with E-state index in [-0.39, 0.29) is 23.0 Å². The fourth-order valence-corrected chi connectivity index (χ4v) is 6.07. The number of fused-ring (bicyclic) bond motifs is 1. The Kier molecular flexibility index (Phi) is 8.66. The van der Waals surface area contributed by atoms with E-state index in [1.165, 1.54) is 15.9 Å². The third-order valence-corrected chi connectivity index (χ3v) is 7.98. The number of ether oxygens (including phenoxy) is 2. The van der Waals surface area contributed by atoms with E-state index in [4.69, 9.17) is 9.47 Å². The van der Waals surface area contributed by atoms with Crippen molar-refractivity contribution in [3.05, 3.63) is 83.0 Å². The molecule has 1 aliphatic heterocycles. The van der Waals surface area contributed by atoms with Gasteiger partial charge in [-0.15, -0.1) is 0 Å². The van der Waals surface area contributed by atoms with Crippen molar-refractivity contribution >= 4 is 45.0 Å². The number of aromatic hydroxyl groups is 1. The molecule has 1 N–H and O–H groups in total. The van der Waals surface area contributed by atoms with E-state index < -0.39 is 12.0 Å². The maximum absolute atomic E-state index is 13.9. The Bertz CT molecular complexity index is 1620. The Morgan fingerprint density at radius 2 is 1.95 bits per heavy atom. The number of allylic oxidation sites excluding steroid dienone is 1. The lowest BCUT2D eigenvalue weighted by atomic mass is 9.95. The molecule has 0 aliphatic carbocycles. The first-order chi connectivity index (χ1) is 18.6. The van der Waals surface area contributed by atoms with E-state index >= 15 is 0 Å². The van der Waals surface area contributed by atoms with E-state index in [1.54, 1.807) is 52.2 Å². The number of phenolic OH excluding ortho intramolecular Hbond substituents is 1. The van der Waals surface area contributed by atoms with Crippen molar-refractivity contribution in [1.29, 1.82) is 0 Å². The second kappa shape index (κ2) is 11.8. The smallest absolute Gasteiger partial charge is 0.338 e. The Labute approximate surface area is 239 Å². The number of carbonyl (C=O) groups is 1. The number of anilines is 1. The topological polar surface area (TPSA) is 93.4 Å². The van der Waals surface area contributed by atoms with E-state index in [2.05, 4.69) is 39.7 Å². The molecule has 4 rings (SSSR count). The summed E-state index contributed by atoms with van der Waals surface area (Å²) in [7, 11) is 1.55. The van der Waals surface area contributed by atoms with Gasteiger partial charge in [0.15, 0.2) is 4.80 Å². The largest absolute Gasteiger partial charge is 0.507 e.